The second-order valence-electron chi connectivity index (χ2n) is 5.85. The molecule has 0 aliphatic carbocycles. The molecule has 0 saturated heterocycles. The Balaban J connectivity index is 1.71. The first-order valence-electron chi connectivity index (χ1n) is 8.78. The molecule has 138 valence electrons. The van der Waals surface area contributed by atoms with Crippen molar-refractivity contribution in [2.75, 3.05) is 23.9 Å². The monoisotopic (exact) mass is 362 g/mol. The summed E-state index contributed by atoms with van der Waals surface area (Å²) in [5.74, 6) is 1.07. The number of aromatic nitrogens is 2. The number of carbonyl (C=O) groups is 1. The normalized spacial score (nSPS) is 10.3. The highest BCUT2D eigenvalue weighted by Crippen LogP contribution is 2.16. The Morgan fingerprint density at radius 2 is 1.81 bits per heavy atom. The van der Waals surface area contributed by atoms with Gasteiger partial charge in [-0.3, -0.25) is 4.79 Å². The first kappa shape index (κ1) is 18.4. The Kier molecular flexibility index (Phi) is 5.99. The highest BCUT2D eigenvalue weighted by Gasteiger charge is 2.17. The van der Waals surface area contributed by atoms with E-state index in [1.54, 1.807) is 24.3 Å². The van der Waals surface area contributed by atoms with Crippen LogP contribution < -0.4 is 15.0 Å². The van der Waals surface area contributed by atoms with Gasteiger partial charge >= 0.3 is 0 Å². The number of methoxy groups -OCH3 is 1. The summed E-state index contributed by atoms with van der Waals surface area (Å²) in [5, 5.41) is 3.16. The van der Waals surface area contributed by atoms with E-state index >= 15 is 0 Å². The van der Waals surface area contributed by atoms with Gasteiger partial charge in [0.05, 0.1) is 7.11 Å². The molecule has 0 unspecified atom stereocenters. The number of ether oxygens (including phenoxy) is 1. The third-order valence-corrected chi connectivity index (χ3v) is 4.11. The fourth-order valence-corrected chi connectivity index (χ4v) is 2.68. The van der Waals surface area contributed by atoms with Gasteiger partial charge in [-0.05, 0) is 42.8 Å². The van der Waals surface area contributed by atoms with Crippen molar-refractivity contribution in [2.24, 2.45) is 0 Å². The van der Waals surface area contributed by atoms with Gasteiger partial charge < -0.3 is 15.0 Å². The number of hydrogen-bond donors (Lipinski definition) is 1. The van der Waals surface area contributed by atoms with Crippen LogP contribution in [0.15, 0.2) is 66.9 Å². The van der Waals surface area contributed by atoms with Crippen molar-refractivity contribution >= 4 is 17.5 Å². The van der Waals surface area contributed by atoms with Gasteiger partial charge in [0.25, 0.3) is 5.91 Å². The second kappa shape index (κ2) is 8.80. The summed E-state index contributed by atoms with van der Waals surface area (Å²) in [6.45, 7) is 3.05. The minimum absolute atomic E-state index is 0.154. The summed E-state index contributed by atoms with van der Waals surface area (Å²) in [4.78, 5) is 23.1. The third kappa shape index (κ3) is 4.61. The molecule has 0 radical (unpaired) electrons. The first-order chi connectivity index (χ1) is 13.2. The maximum absolute atomic E-state index is 12.9. The zero-order valence-corrected chi connectivity index (χ0v) is 15.4. The molecule has 3 aromatic rings. The minimum atomic E-state index is -0.154. The Bertz CT molecular complexity index is 882. The molecule has 1 aromatic heterocycles. The lowest BCUT2D eigenvalue weighted by Crippen LogP contribution is -2.31. The molecule has 0 saturated carbocycles. The molecule has 27 heavy (non-hydrogen) atoms. The molecule has 1 N–H and O–H groups in total. The Morgan fingerprint density at radius 1 is 1.07 bits per heavy atom. The Hall–Kier alpha value is -3.41. The second-order valence-corrected chi connectivity index (χ2v) is 5.85. The number of carbonyl (C=O) groups excluding carboxylic acids is 1. The number of para-hydroxylation sites is 1. The first-order valence-corrected chi connectivity index (χ1v) is 8.78. The Labute approximate surface area is 158 Å². The van der Waals surface area contributed by atoms with E-state index in [1.807, 2.05) is 61.5 Å². The van der Waals surface area contributed by atoms with Crippen LogP contribution in [0.2, 0.25) is 0 Å². The summed E-state index contributed by atoms with van der Waals surface area (Å²) < 4.78 is 5.16. The van der Waals surface area contributed by atoms with Gasteiger partial charge in [0, 0.05) is 25.0 Å². The molecule has 0 aliphatic rings. The number of amides is 1. The Morgan fingerprint density at radius 3 is 2.48 bits per heavy atom. The van der Waals surface area contributed by atoms with Crippen molar-refractivity contribution in [3.8, 4) is 5.75 Å². The molecule has 0 spiro atoms. The standard InChI is InChI=1S/C21H22N4O2/c1-3-25(17-7-5-4-6-8-17)20(26)19-13-14-22-21(24-19)23-15-16-9-11-18(27-2)12-10-16/h4-14H,3,15H2,1-2H3,(H,22,23,24). The molecular formula is C21H22N4O2. The van der Waals surface area contributed by atoms with Gasteiger partial charge in [0.1, 0.15) is 11.4 Å². The van der Waals surface area contributed by atoms with Crippen LogP contribution in [0.4, 0.5) is 11.6 Å². The summed E-state index contributed by atoms with van der Waals surface area (Å²) >= 11 is 0. The van der Waals surface area contributed by atoms with Crippen LogP contribution >= 0.6 is 0 Å². The SMILES string of the molecule is CCN(C(=O)c1ccnc(NCc2ccc(OC)cc2)n1)c1ccccc1. The van der Waals surface area contributed by atoms with Gasteiger partial charge in [-0.1, -0.05) is 30.3 Å². The fraction of sp³-hybridized carbons (Fsp3) is 0.190. The van der Waals surface area contributed by atoms with E-state index < -0.39 is 0 Å². The average molecular weight is 362 g/mol. The molecule has 0 fully saturated rings. The molecular weight excluding hydrogens is 340 g/mol. The van der Waals surface area contributed by atoms with Crippen LogP contribution in [0.25, 0.3) is 0 Å². The largest absolute Gasteiger partial charge is 0.497 e. The van der Waals surface area contributed by atoms with E-state index in [1.165, 1.54) is 0 Å². The molecule has 2 aromatic carbocycles. The van der Waals surface area contributed by atoms with E-state index in [4.69, 9.17) is 4.74 Å². The maximum atomic E-state index is 12.9. The maximum Gasteiger partial charge on any atom is 0.277 e. The third-order valence-electron chi connectivity index (χ3n) is 4.11. The minimum Gasteiger partial charge on any atom is -0.497 e. The molecule has 3 rings (SSSR count). The smallest absolute Gasteiger partial charge is 0.277 e. The number of hydrogen-bond acceptors (Lipinski definition) is 5. The molecule has 1 heterocycles. The van der Waals surface area contributed by atoms with E-state index in [0.717, 1.165) is 17.0 Å². The molecule has 0 aliphatic heterocycles. The lowest BCUT2D eigenvalue weighted by atomic mass is 10.2. The van der Waals surface area contributed by atoms with E-state index in [2.05, 4.69) is 15.3 Å². The van der Waals surface area contributed by atoms with Crippen molar-refractivity contribution in [3.05, 3.63) is 78.1 Å². The van der Waals surface area contributed by atoms with Crippen molar-refractivity contribution in [2.45, 2.75) is 13.5 Å². The van der Waals surface area contributed by atoms with E-state index in [9.17, 15) is 4.79 Å². The predicted octanol–water partition coefficient (Wildman–Crippen LogP) is 3.76. The molecule has 0 atom stereocenters. The van der Waals surface area contributed by atoms with Crippen molar-refractivity contribution in [3.63, 3.8) is 0 Å². The lowest BCUT2D eigenvalue weighted by Gasteiger charge is -2.20. The van der Waals surface area contributed by atoms with Crippen LogP contribution in [0.5, 0.6) is 5.75 Å². The van der Waals surface area contributed by atoms with Crippen molar-refractivity contribution < 1.29 is 9.53 Å². The summed E-state index contributed by atoms with van der Waals surface area (Å²) in [6.07, 6.45) is 1.59. The number of anilines is 2. The summed E-state index contributed by atoms with van der Waals surface area (Å²) in [7, 11) is 1.64. The topological polar surface area (TPSA) is 67.4 Å². The fourth-order valence-electron chi connectivity index (χ4n) is 2.68. The van der Waals surface area contributed by atoms with Crippen LogP contribution in [0, 0.1) is 0 Å². The van der Waals surface area contributed by atoms with Crippen LogP contribution in [-0.4, -0.2) is 29.5 Å². The van der Waals surface area contributed by atoms with Crippen molar-refractivity contribution in [1.82, 2.24) is 9.97 Å². The number of nitrogens with one attached hydrogen (secondary N) is 1. The zero-order valence-electron chi connectivity index (χ0n) is 15.4. The molecule has 6 heteroatoms. The molecule has 1 amide bonds. The van der Waals surface area contributed by atoms with Gasteiger partial charge in [0.2, 0.25) is 5.95 Å². The van der Waals surface area contributed by atoms with Crippen LogP contribution in [0.3, 0.4) is 0 Å². The highest BCUT2D eigenvalue weighted by molar-refractivity contribution is 6.04. The van der Waals surface area contributed by atoms with E-state index in [-0.39, 0.29) is 5.91 Å². The quantitative estimate of drug-likeness (QED) is 0.693. The number of benzene rings is 2. The van der Waals surface area contributed by atoms with Gasteiger partial charge in [-0.2, -0.15) is 0 Å². The average Bonchev–Trinajstić information content (AvgIpc) is 2.74. The lowest BCUT2D eigenvalue weighted by molar-refractivity contribution is 0.0983. The molecule has 0 bridgehead atoms. The highest BCUT2D eigenvalue weighted by atomic mass is 16.5. The van der Waals surface area contributed by atoms with Crippen LogP contribution in [-0.2, 0) is 6.54 Å². The van der Waals surface area contributed by atoms with Gasteiger partial charge in [-0.15, -0.1) is 0 Å². The van der Waals surface area contributed by atoms with Gasteiger partial charge in [-0.25, -0.2) is 9.97 Å². The summed E-state index contributed by atoms with van der Waals surface area (Å²) in [5.41, 5.74) is 2.26. The van der Waals surface area contributed by atoms with Gasteiger partial charge in [0.15, 0.2) is 0 Å². The predicted molar refractivity (Wildman–Crippen MR) is 106 cm³/mol. The zero-order chi connectivity index (χ0) is 19.1. The van der Waals surface area contributed by atoms with E-state index in [0.29, 0.717) is 24.7 Å². The molecule has 6 nitrogen and oxygen atoms in total. The van der Waals surface area contributed by atoms with Crippen molar-refractivity contribution in [1.29, 1.82) is 0 Å². The van der Waals surface area contributed by atoms with Crippen LogP contribution in [0.1, 0.15) is 23.0 Å². The number of rotatable bonds is 7. The summed E-state index contributed by atoms with van der Waals surface area (Å²) in [6, 6.07) is 18.9. The number of nitrogens with zero attached hydrogens (tertiary/aromatic N) is 3.